The zero-order valence-electron chi connectivity index (χ0n) is 7.95. The molecule has 5 nitrogen and oxygen atoms in total. The first-order valence-electron chi connectivity index (χ1n) is 4.51. The van der Waals surface area contributed by atoms with Gasteiger partial charge in [0.05, 0.1) is 19.2 Å². The van der Waals surface area contributed by atoms with Crippen molar-refractivity contribution in [1.29, 1.82) is 0 Å². The molecule has 2 rings (SSSR count). The number of carboxylic acid groups (broad SMARTS) is 1. The first-order valence-corrected chi connectivity index (χ1v) is 4.51. The molecule has 0 aromatic heterocycles. The minimum atomic E-state index is -4.97. The van der Waals surface area contributed by atoms with Gasteiger partial charge in [-0.25, -0.2) is 4.79 Å². The summed E-state index contributed by atoms with van der Waals surface area (Å²) >= 11 is 0. The van der Waals surface area contributed by atoms with E-state index in [4.69, 9.17) is 9.84 Å². The number of carbonyl (C=O) groups excluding carboxylic acids is 1. The van der Waals surface area contributed by atoms with Crippen molar-refractivity contribution in [1.82, 2.24) is 4.90 Å². The lowest BCUT2D eigenvalue weighted by Gasteiger charge is -2.30. The van der Waals surface area contributed by atoms with Gasteiger partial charge in [0.1, 0.15) is 0 Å². The number of rotatable bonds is 1. The molecule has 2 aliphatic heterocycles. The molecule has 0 radical (unpaired) electrons. The van der Waals surface area contributed by atoms with E-state index in [1.54, 1.807) is 0 Å². The number of amides is 1. The second-order valence-corrected chi connectivity index (χ2v) is 3.90. The summed E-state index contributed by atoms with van der Waals surface area (Å²) in [5.74, 6) is -3.32. The van der Waals surface area contributed by atoms with E-state index in [0.717, 1.165) is 0 Å². The van der Waals surface area contributed by atoms with Crippen LogP contribution in [0.4, 0.5) is 13.2 Å². The predicted octanol–water partition coefficient (Wildman–Crippen LogP) is 0.00320. The molecule has 1 N–H and O–H groups in total. The fourth-order valence-electron chi connectivity index (χ4n) is 2.09. The maximum Gasteiger partial charge on any atom is 0.471 e. The van der Waals surface area contributed by atoms with Gasteiger partial charge in [-0.05, 0) is 0 Å². The highest BCUT2D eigenvalue weighted by atomic mass is 19.4. The summed E-state index contributed by atoms with van der Waals surface area (Å²) in [5.41, 5.74) is -1.65. The molecule has 90 valence electrons. The van der Waals surface area contributed by atoms with Crippen LogP contribution in [0.3, 0.4) is 0 Å². The highest BCUT2D eigenvalue weighted by molar-refractivity contribution is 5.86. The third-order valence-corrected chi connectivity index (χ3v) is 2.88. The van der Waals surface area contributed by atoms with Gasteiger partial charge in [0.2, 0.25) is 0 Å². The number of fused-ring (bicyclic) bond motifs is 2. The van der Waals surface area contributed by atoms with Crippen molar-refractivity contribution < 1.29 is 32.6 Å². The van der Waals surface area contributed by atoms with Crippen molar-refractivity contribution in [2.75, 3.05) is 13.2 Å². The van der Waals surface area contributed by atoms with Gasteiger partial charge in [-0.15, -0.1) is 0 Å². The number of likely N-dealkylation sites (tertiary alicyclic amines) is 1. The lowest BCUT2D eigenvalue weighted by atomic mass is 10.0. The zero-order valence-corrected chi connectivity index (χ0v) is 7.95. The molecule has 0 saturated carbocycles. The lowest BCUT2D eigenvalue weighted by Crippen LogP contribution is -2.52. The Balaban J connectivity index is 2.19. The number of nitrogens with zero attached hydrogens (tertiary/aromatic N) is 1. The third-order valence-electron chi connectivity index (χ3n) is 2.88. The SMILES string of the molecule is O=C(N1C[C@]2(C(=O)O)C[C@H]1CO2)C(F)(F)F. The molecule has 2 bridgehead atoms. The van der Waals surface area contributed by atoms with E-state index >= 15 is 0 Å². The van der Waals surface area contributed by atoms with Crippen molar-refractivity contribution in [3.8, 4) is 0 Å². The molecular weight excluding hydrogens is 231 g/mol. The molecule has 2 heterocycles. The van der Waals surface area contributed by atoms with Gasteiger partial charge in [-0.3, -0.25) is 4.79 Å². The third kappa shape index (κ3) is 1.44. The van der Waals surface area contributed by atoms with Gasteiger partial charge in [0.15, 0.2) is 5.60 Å². The minimum absolute atomic E-state index is 0.0792. The van der Waals surface area contributed by atoms with Crippen molar-refractivity contribution in [2.24, 2.45) is 0 Å². The van der Waals surface area contributed by atoms with E-state index in [1.165, 1.54) is 0 Å². The average Bonchev–Trinajstić information content (AvgIpc) is 2.73. The fraction of sp³-hybridized carbons (Fsp3) is 0.750. The minimum Gasteiger partial charge on any atom is -0.479 e. The highest BCUT2D eigenvalue weighted by Gasteiger charge is 2.60. The first-order chi connectivity index (χ1) is 7.26. The van der Waals surface area contributed by atoms with Crippen LogP contribution in [0.2, 0.25) is 0 Å². The number of carbonyl (C=O) groups is 2. The molecule has 1 amide bonds. The number of halogens is 3. The summed E-state index contributed by atoms with van der Waals surface area (Å²) in [6.07, 6.45) is -5.05. The molecule has 8 heteroatoms. The van der Waals surface area contributed by atoms with Crippen molar-refractivity contribution >= 4 is 11.9 Å². The molecule has 0 unspecified atom stereocenters. The normalized spacial score (nSPS) is 33.2. The predicted molar refractivity (Wildman–Crippen MR) is 42.5 cm³/mol. The van der Waals surface area contributed by atoms with E-state index in [-0.39, 0.29) is 13.0 Å². The number of ether oxygens (including phenoxy) is 1. The van der Waals surface area contributed by atoms with Crippen molar-refractivity contribution in [2.45, 2.75) is 24.2 Å². The Bertz CT molecular complexity index is 356. The monoisotopic (exact) mass is 239 g/mol. The quantitative estimate of drug-likeness (QED) is 0.699. The summed E-state index contributed by atoms with van der Waals surface area (Å²) in [5, 5.41) is 8.85. The topological polar surface area (TPSA) is 66.8 Å². The van der Waals surface area contributed by atoms with E-state index in [9.17, 15) is 22.8 Å². The van der Waals surface area contributed by atoms with Crippen LogP contribution in [0.25, 0.3) is 0 Å². The smallest absolute Gasteiger partial charge is 0.471 e. The molecule has 0 aromatic carbocycles. The van der Waals surface area contributed by atoms with E-state index in [0.29, 0.717) is 4.90 Å². The molecular formula is C8H8F3NO4. The van der Waals surface area contributed by atoms with Gasteiger partial charge in [-0.2, -0.15) is 13.2 Å². The average molecular weight is 239 g/mol. The van der Waals surface area contributed by atoms with Crippen LogP contribution >= 0.6 is 0 Å². The van der Waals surface area contributed by atoms with Crippen molar-refractivity contribution in [3.63, 3.8) is 0 Å². The van der Waals surface area contributed by atoms with Crippen molar-refractivity contribution in [3.05, 3.63) is 0 Å². The Labute approximate surface area is 87.8 Å². The molecule has 2 atom stereocenters. The van der Waals surface area contributed by atoms with Crippen LogP contribution in [0.5, 0.6) is 0 Å². The molecule has 0 aromatic rings. The van der Waals surface area contributed by atoms with Gasteiger partial charge >= 0.3 is 18.1 Å². The maximum atomic E-state index is 12.2. The van der Waals surface area contributed by atoms with Crippen LogP contribution in [-0.4, -0.2) is 52.9 Å². The van der Waals surface area contributed by atoms with Crippen LogP contribution in [0.1, 0.15) is 6.42 Å². The fourth-order valence-corrected chi connectivity index (χ4v) is 2.09. The maximum absolute atomic E-state index is 12.2. The Hall–Kier alpha value is -1.31. The lowest BCUT2D eigenvalue weighted by molar-refractivity contribution is -0.193. The summed E-state index contributed by atoms with van der Waals surface area (Å²) in [7, 11) is 0. The highest BCUT2D eigenvalue weighted by Crippen LogP contribution is 2.39. The number of alkyl halides is 3. The number of hydrogen-bond acceptors (Lipinski definition) is 3. The van der Waals surface area contributed by atoms with Gasteiger partial charge in [0, 0.05) is 6.42 Å². The summed E-state index contributed by atoms with van der Waals surface area (Å²) in [6, 6.07) is -0.787. The Morgan fingerprint density at radius 2 is 2.06 bits per heavy atom. The zero-order chi connectivity index (χ0) is 12.1. The molecule has 2 aliphatic rings. The largest absolute Gasteiger partial charge is 0.479 e. The van der Waals surface area contributed by atoms with Gasteiger partial charge in [-0.1, -0.05) is 0 Å². The van der Waals surface area contributed by atoms with Crippen LogP contribution in [0, 0.1) is 0 Å². The molecule has 16 heavy (non-hydrogen) atoms. The van der Waals surface area contributed by atoms with E-state index in [2.05, 4.69) is 0 Å². The van der Waals surface area contributed by atoms with Crippen LogP contribution in [-0.2, 0) is 14.3 Å². The Kier molecular flexibility index (Phi) is 2.16. The van der Waals surface area contributed by atoms with Crippen LogP contribution < -0.4 is 0 Å². The van der Waals surface area contributed by atoms with Gasteiger partial charge < -0.3 is 14.7 Å². The second-order valence-electron chi connectivity index (χ2n) is 3.90. The molecule has 0 spiro atoms. The first kappa shape index (κ1) is 11.2. The Morgan fingerprint density at radius 3 is 2.50 bits per heavy atom. The standard InChI is InChI=1S/C8H8F3NO4/c9-8(10,11)5(13)12-3-7(6(14)15)1-4(12)2-16-7/h4H,1-3H2,(H,14,15)/t4-,7-/m0/s1. The Morgan fingerprint density at radius 1 is 1.44 bits per heavy atom. The molecule has 2 saturated heterocycles. The number of carboxylic acids is 1. The van der Waals surface area contributed by atoms with E-state index in [1.807, 2.05) is 0 Å². The number of morpholine rings is 1. The second kappa shape index (κ2) is 3.09. The molecule has 2 fully saturated rings. The summed E-state index contributed by atoms with van der Waals surface area (Å²) in [4.78, 5) is 22.4. The van der Waals surface area contributed by atoms with E-state index < -0.39 is 36.2 Å². The summed E-state index contributed by atoms with van der Waals surface area (Å²) < 4.78 is 41.4. The van der Waals surface area contributed by atoms with Gasteiger partial charge in [0.25, 0.3) is 0 Å². The number of hydrogen-bond donors (Lipinski definition) is 1. The number of aliphatic carboxylic acids is 1. The van der Waals surface area contributed by atoms with Crippen LogP contribution in [0.15, 0.2) is 0 Å². The summed E-state index contributed by atoms with van der Waals surface area (Å²) in [6.45, 7) is -0.695. The molecule has 0 aliphatic carbocycles.